The summed E-state index contributed by atoms with van der Waals surface area (Å²) in [5.41, 5.74) is 0.673. The summed E-state index contributed by atoms with van der Waals surface area (Å²) in [4.78, 5) is 13.6. The van der Waals surface area contributed by atoms with Crippen LogP contribution in [0, 0.1) is 0 Å². The molecule has 1 fully saturated rings. The highest BCUT2D eigenvalue weighted by Gasteiger charge is 2.13. The highest BCUT2D eigenvalue weighted by atomic mass is 79.9. The SMILES string of the molecule is O=C(NCCC[NH+]1CCOCC1)c1ccc(Br)cc1Br. The number of hydrogen-bond donors (Lipinski definition) is 2. The summed E-state index contributed by atoms with van der Waals surface area (Å²) in [6.07, 6.45) is 0.995. The monoisotopic (exact) mass is 405 g/mol. The van der Waals surface area contributed by atoms with Crippen LogP contribution in [0.5, 0.6) is 0 Å². The largest absolute Gasteiger partial charge is 0.370 e. The Labute approximate surface area is 136 Å². The van der Waals surface area contributed by atoms with Gasteiger partial charge in [0.2, 0.25) is 0 Å². The zero-order valence-corrected chi connectivity index (χ0v) is 14.4. The zero-order valence-electron chi connectivity index (χ0n) is 11.3. The van der Waals surface area contributed by atoms with Crippen molar-refractivity contribution >= 4 is 37.8 Å². The molecule has 1 aromatic carbocycles. The highest BCUT2D eigenvalue weighted by Crippen LogP contribution is 2.21. The Morgan fingerprint density at radius 3 is 2.75 bits per heavy atom. The van der Waals surface area contributed by atoms with E-state index in [2.05, 4.69) is 37.2 Å². The number of rotatable bonds is 5. The fraction of sp³-hybridized carbons (Fsp3) is 0.500. The molecule has 110 valence electrons. The molecule has 0 atom stereocenters. The smallest absolute Gasteiger partial charge is 0.252 e. The molecule has 2 rings (SSSR count). The Balaban J connectivity index is 1.72. The lowest BCUT2D eigenvalue weighted by molar-refractivity contribution is -0.908. The third kappa shape index (κ3) is 4.84. The van der Waals surface area contributed by atoms with Crippen LogP contribution in [0.15, 0.2) is 27.1 Å². The van der Waals surface area contributed by atoms with E-state index in [-0.39, 0.29) is 5.91 Å². The molecular formula is C14H19Br2N2O2+. The van der Waals surface area contributed by atoms with Gasteiger partial charge in [0.1, 0.15) is 13.1 Å². The first-order valence-corrected chi connectivity index (χ1v) is 8.40. The van der Waals surface area contributed by atoms with Gasteiger partial charge in [-0.15, -0.1) is 0 Å². The molecule has 0 aliphatic carbocycles. The summed E-state index contributed by atoms with van der Waals surface area (Å²) in [5, 5.41) is 2.97. The van der Waals surface area contributed by atoms with Gasteiger partial charge in [-0.2, -0.15) is 0 Å². The maximum Gasteiger partial charge on any atom is 0.252 e. The maximum atomic E-state index is 12.0. The first-order chi connectivity index (χ1) is 9.66. The Bertz CT molecular complexity index is 462. The quantitative estimate of drug-likeness (QED) is 0.722. The van der Waals surface area contributed by atoms with Crippen LogP contribution >= 0.6 is 31.9 Å². The second kappa shape index (κ2) is 8.12. The van der Waals surface area contributed by atoms with Crippen LogP contribution < -0.4 is 10.2 Å². The number of hydrogen-bond acceptors (Lipinski definition) is 2. The van der Waals surface area contributed by atoms with Crippen LogP contribution in [-0.2, 0) is 4.74 Å². The van der Waals surface area contributed by atoms with Crippen molar-refractivity contribution in [3.63, 3.8) is 0 Å². The lowest BCUT2D eigenvalue weighted by Crippen LogP contribution is -3.14. The lowest BCUT2D eigenvalue weighted by Gasteiger charge is -2.23. The van der Waals surface area contributed by atoms with E-state index in [1.807, 2.05) is 18.2 Å². The minimum Gasteiger partial charge on any atom is -0.370 e. The van der Waals surface area contributed by atoms with Crippen LogP contribution in [-0.4, -0.2) is 45.3 Å². The molecule has 20 heavy (non-hydrogen) atoms. The number of amides is 1. The third-order valence-corrected chi connectivity index (χ3v) is 4.52. The van der Waals surface area contributed by atoms with Gasteiger partial charge in [-0.3, -0.25) is 4.79 Å². The second-order valence-electron chi connectivity index (χ2n) is 4.85. The lowest BCUT2D eigenvalue weighted by atomic mass is 10.2. The Morgan fingerprint density at radius 1 is 1.30 bits per heavy atom. The number of quaternary nitrogens is 1. The Morgan fingerprint density at radius 2 is 2.05 bits per heavy atom. The van der Waals surface area contributed by atoms with Gasteiger partial charge in [0.25, 0.3) is 5.91 Å². The molecule has 1 aliphatic heterocycles. The van der Waals surface area contributed by atoms with E-state index in [1.54, 1.807) is 4.90 Å². The molecule has 0 unspecified atom stereocenters. The molecule has 0 saturated carbocycles. The number of carbonyl (C=O) groups excluding carboxylic acids is 1. The van der Waals surface area contributed by atoms with E-state index in [0.717, 1.165) is 48.2 Å². The van der Waals surface area contributed by atoms with E-state index >= 15 is 0 Å². The van der Waals surface area contributed by atoms with Gasteiger partial charge >= 0.3 is 0 Å². The van der Waals surface area contributed by atoms with Crippen LogP contribution in [0.4, 0.5) is 0 Å². The molecule has 0 spiro atoms. The first kappa shape index (κ1) is 15.9. The molecule has 4 nitrogen and oxygen atoms in total. The van der Waals surface area contributed by atoms with Crippen LogP contribution in [0.2, 0.25) is 0 Å². The summed E-state index contributed by atoms with van der Waals surface area (Å²) in [6.45, 7) is 5.66. The summed E-state index contributed by atoms with van der Waals surface area (Å²) in [7, 11) is 0. The molecular weight excluding hydrogens is 388 g/mol. The van der Waals surface area contributed by atoms with Crippen molar-refractivity contribution in [1.82, 2.24) is 5.32 Å². The Kier molecular flexibility index (Phi) is 6.48. The molecule has 0 aromatic heterocycles. The summed E-state index contributed by atoms with van der Waals surface area (Å²) in [6, 6.07) is 5.57. The molecule has 1 heterocycles. The fourth-order valence-electron chi connectivity index (χ4n) is 2.22. The van der Waals surface area contributed by atoms with E-state index in [0.29, 0.717) is 12.1 Å². The minimum absolute atomic E-state index is 0.0265. The van der Waals surface area contributed by atoms with Crippen LogP contribution in [0.25, 0.3) is 0 Å². The van der Waals surface area contributed by atoms with Crippen molar-refractivity contribution in [2.45, 2.75) is 6.42 Å². The molecule has 1 amide bonds. The van der Waals surface area contributed by atoms with Gasteiger partial charge in [0.05, 0.1) is 25.3 Å². The second-order valence-corrected chi connectivity index (χ2v) is 6.62. The predicted octanol–water partition coefficient (Wildman–Crippen LogP) is 1.25. The molecule has 1 saturated heterocycles. The van der Waals surface area contributed by atoms with Crippen molar-refractivity contribution in [2.75, 3.05) is 39.4 Å². The van der Waals surface area contributed by atoms with Crippen LogP contribution in [0.3, 0.4) is 0 Å². The van der Waals surface area contributed by atoms with Crippen molar-refractivity contribution in [1.29, 1.82) is 0 Å². The van der Waals surface area contributed by atoms with E-state index in [4.69, 9.17) is 4.74 Å². The van der Waals surface area contributed by atoms with Gasteiger partial charge < -0.3 is 15.0 Å². The summed E-state index contributed by atoms with van der Waals surface area (Å²) in [5.74, 6) is -0.0265. The topological polar surface area (TPSA) is 42.8 Å². The molecule has 0 radical (unpaired) electrons. The van der Waals surface area contributed by atoms with Crippen molar-refractivity contribution in [3.05, 3.63) is 32.7 Å². The molecule has 6 heteroatoms. The fourth-order valence-corrected chi connectivity index (χ4v) is 3.45. The normalized spacial score (nSPS) is 16.1. The third-order valence-electron chi connectivity index (χ3n) is 3.37. The molecule has 0 bridgehead atoms. The molecule has 2 N–H and O–H groups in total. The molecule has 1 aliphatic rings. The highest BCUT2D eigenvalue weighted by molar-refractivity contribution is 9.11. The number of carbonyl (C=O) groups is 1. The maximum absolute atomic E-state index is 12.0. The van der Waals surface area contributed by atoms with E-state index < -0.39 is 0 Å². The van der Waals surface area contributed by atoms with Crippen molar-refractivity contribution < 1.29 is 14.4 Å². The number of ether oxygens (including phenoxy) is 1. The minimum atomic E-state index is -0.0265. The van der Waals surface area contributed by atoms with Gasteiger partial charge in [0, 0.05) is 21.9 Å². The number of nitrogens with one attached hydrogen (secondary N) is 2. The zero-order chi connectivity index (χ0) is 14.4. The first-order valence-electron chi connectivity index (χ1n) is 6.81. The van der Waals surface area contributed by atoms with Crippen LogP contribution in [0.1, 0.15) is 16.8 Å². The number of benzene rings is 1. The Hall–Kier alpha value is -0.430. The summed E-state index contributed by atoms with van der Waals surface area (Å²) >= 11 is 6.79. The standard InChI is InChI=1S/C14H18Br2N2O2/c15-11-2-3-12(13(16)10-11)14(19)17-4-1-5-18-6-8-20-9-7-18/h2-3,10H,1,4-9H2,(H,17,19)/p+1. The van der Waals surface area contributed by atoms with E-state index in [9.17, 15) is 4.79 Å². The van der Waals surface area contributed by atoms with Crippen molar-refractivity contribution in [2.24, 2.45) is 0 Å². The number of halogens is 2. The van der Waals surface area contributed by atoms with Gasteiger partial charge in [-0.25, -0.2) is 0 Å². The average molecular weight is 407 g/mol. The molecule has 1 aromatic rings. The van der Waals surface area contributed by atoms with Gasteiger partial charge in [-0.1, -0.05) is 15.9 Å². The summed E-state index contributed by atoms with van der Waals surface area (Å²) < 4.78 is 7.09. The van der Waals surface area contributed by atoms with Gasteiger partial charge in [-0.05, 0) is 34.1 Å². The van der Waals surface area contributed by atoms with E-state index in [1.165, 1.54) is 0 Å². The van der Waals surface area contributed by atoms with Gasteiger partial charge in [0.15, 0.2) is 0 Å². The van der Waals surface area contributed by atoms with Crippen molar-refractivity contribution in [3.8, 4) is 0 Å². The average Bonchev–Trinajstić information content (AvgIpc) is 2.44. The number of morpholine rings is 1. The predicted molar refractivity (Wildman–Crippen MR) is 85.2 cm³/mol.